The molecule has 0 spiro atoms. The zero-order chi connectivity index (χ0) is 23.4. The Labute approximate surface area is 188 Å². The number of carbonyl (C=O) groups is 2. The number of ether oxygens (including phenoxy) is 1. The molecule has 3 aromatic rings. The molecule has 1 aromatic heterocycles. The number of aryl methyl sites for hydroxylation is 1. The molecule has 3 aliphatic rings. The first-order chi connectivity index (χ1) is 15.7. The van der Waals surface area contributed by atoms with Crippen LogP contribution in [-0.2, 0) is 4.79 Å². The fourth-order valence-electron chi connectivity index (χ4n) is 5.17. The Balaban J connectivity index is 1.15. The van der Waals surface area contributed by atoms with Gasteiger partial charge in [0.15, 0.2) is 23.6 Å². The molecule has 0 unspecified atom stereocenters. The number of ketones is 1. The molecule has 0 radical (unpaired) electrons. The molecule has 1 amide bonds. The summed E-state index contributed by atoms with van der Waals surface area (Å²) in [6, 6.07) is 9.78. The highest BCUT2D eigenvalue weighted by molar-refractivity contribution is 5.95. The molecule has 0 saturated heterocycles. The van der Waals surface area contributed by atoms with Crippen molar-refractivity contribution in [1.82, 2.24) is 5.32 Å². The molecule has 1 heterocycles. The number of phenolic OH excluding ortho intramolecular Hbond substituents is 1. The average Bonchev–Trinajstić information content (AvgIpc) is 2.72. The number of benzene rings is 2. The molecule has 2 aromatic carbocycles. The van der Waals surface area contributed by atoms with Crippen molar-refractivity contribution < 1.29 is 28.2 Å². The number of phenols is 1. The van der Waals surface area contributed by atoms with Crippen LogP contribution < -0.4 is 15.5 Å². The van der Waals surface area contributed by atoms with Crippen molar-refractivity contribution in [3.05, 3.63) is 69.8 Å². The summed E-state index contributed by atoms with van der Waals surface area (Å²) in [7, 11) is 0. The van der Waals surface area contributed by atoms with Crippen molar-refractivity contribution in [2.45, 2.75) is 38.1 Å². The second-order valence-corrected chi connectivity index (χ2v) is 9.31. The van der Waals surface area contributed by atoms with E-state index in [-0.39, 0.29) is 69.4 Å². The maximum atomic E-state index is 13.6. The highest BCUT2D eigenvalue weighted by atomic mass is 19.1. The molecule has 3 saturated carbocycles. The SMILES string of the molecule is Cc1ccc(OCC(=O)NC23CC(CC(=O)c4cc(=O)c5cc(O)ccc5o4)(C2)C3)cc1F. The van der Waals surface area contributed by atoms with E-state index in [1.165, 1.54) is 30.3 Å². The Kier molecular flexibility index (Phi) is 4.77. The van der Waals surface area contributed by atoms with Crippen molar-refractivity contribution in [1.29, 1.82) is 0 Å². The Morgan fingerprint density at radius 3 is 2.64 bits per heavy atom. The smallest absolute Gasteiger partial charge is 0.258 e. The van der Waals surface area contributed by atoms with E-state index in [0.29, 0.717) is 30.6 Å². The molecule has 8 heteroatoms. The lowest BCUT2D eigenvalue weighted by molar-refractivity contribution is -0.164. The Hall–Kier alpha value is -3.68. The van der Waals surface area contributed by atoms with Gasteiger partial charge in [-0.2, -0.15) is 0 Å². The number of amides is 1. The third-order valence-corrected chi connectivity index (χ3v) is 6.58. The molecule has 0 aliphatic heterocycles. The molecule has 7 nitrogen and oxygen atoms in total. The Morgan fingerprint density at radius 2 is 1.91 bits per heavy atom. The van der Waals surface area contributed by atoms with Crippen LogP contribution in [0.15, 0.2) is 51.7 Å². The van der Waals surface area contributed by atoms with E-state index in [4.69, 9.17) is 9.15 Å². The normalized spacial score (nSPS) is 22.8. The minimum absolute atomic E-state index is 0.000250. The summed E-state index contributed by atoms with van der Waals surface area (Å²) < 4.78 is 24.6. The van der Waals surface area contributed by atoms with Crippen LogP contribution in [-0.4, -0.2) is 28.9 Å². The fraction of sp³-hybridized carbons (Fsp3) is 0.320. The van der Waals surface area contributed by atoms with Gasteiger partial charge in [-0.15, -0.1) is 0 Å². The van der Waals surface area contributed by atoms with Gasteiger partial charge in [0.1, 0.15) is 22.9 Å². The first-order valence-corrected chi connectivity index (χ1v) is 10.7. The summed E-state index contributed by atoms with van der Waals surface area (Å²) in [5, 5.41) is 12.7. The summed E-state index contributed by atoms with van der Waals surface area (Å²) in [4.78, 5) is 37.3. The second-order valence-electron chi connectivity index (χ2n) is 9.31. The number of aromatic hydroxyl groups is 1. The van der Waals surface area contributed by atoms with Crippen LogP contribution >= 0.6 is 0 Å². The van der Waals surface area contributed by atoms with Gasteiger partial charge < -0.3 is 19.6 Å². The number of nitrogens with one attached hydrogen (secondary N) is 1. The molecule has 0 atom stereocenters. The van der Waals surface area contributed by atoms with Crippen LogP contribution in [0.1, 0.15) is 41.8 Å². The Morgan fingerprint density at radius 1 is 1.15 bits per heavy atom. The van der Waals surface area contributed by atoms with Gasteiger partial charge in [0, 0.05) is 24.1 Å². The monoisotopic (exact) mass is 451 g/mol. The highest BCUT2D eigenvalue weighted by Crippen LogP contribution is 2.69. The topological polar surface area (TPSA) is 106 Å². The van der Waals surface area contributed by atoms with E-state index < -0.39 is 0 Å². The van der Waals surface area contributed by atoms with Gasteiger partial charge in [0.2, 0.25) is 0 Å². The molecular formula is C25H22FNO6. The molecule has 3 fully saturated rings. The minimum atomic E-state index is -0.390. The third-order valence-electron chi connectivity index (χ3n) is 6.58. The summed E-state index contributed by atoms with van der Waals surface area (Å²) in [6.45, 7) is 1.43. The lowest BCUT2D eigenvalue weighted by Crippen LogP contribution is -2.75. The van der Waals surface area contributed by atoms with E-state index in [2.05, 4.69) is 5.32 Å². The maximum Gasteiger partial charge on any atom is 0.258 e. The van der Waals surface area contributed by atoms with Crippen molar-refractivity contribution in [3.8, 4) is 11.5 Å². The zero-order valence-corrected chi connectivity index (χ0v) is 17.9. The quantitative estimate of drug-likeness (QED) is 0.532. The van der Waals surface area contributed by atoms with Gasteiger partial charge in [-0.3, -0.25) is 14.4 Å². The van der Waals surface area contributed by atoms with Gasteiger partial charge >= 0.3 is 0 Å². The van der Waals surface area contributed by atoms with Crippen LogP contribution in [0, 0.1) is 18.2 Å². The fourth-order valence-corrected chi connectivity index (χ4v) is 5.17. The first-order valence-electron chi connectivity index (χ1n) is 10.7. The molecule has 2 bridgehead atoms. The van der Waals surface area contributed by atoms with E-state index in [9.17, 15) is 23.9 Å². The summed E-state index contributed by atoms with van der Waals surface area (Å²) in [6.07, 6.45) is 2.24. The molecule has 2 N–H and O–H groups in total. The van der Waals surface area contributed by atoms with E-state index in [0.717, 1.165) is 0 Å². The van der Waals surface area contributed by atoms with E-state index in [1.54, 1.807) is 19.1 Å². The number of hydrogen-bond donors (Lipinski definition) is 2. The second kappa shape index (κ2) is 7.43. The van der Waals surface area contributed by atoms with Crippen molar-refractivity contribution in [3.63, 3.8) is 0 Å². The number of carbonyl (C=O) groups excluding carboxylic acids is 2. The maximum absolute atomic E-state index is 13.6. The summed E-state index contributed by atoms with van der Waals surface area (Å²) in [5.74, 6) is -0.698. The van der Waals surface area contributed by atoms with Gasteiger partial charge in [0.05, 0.1) is 5.39 Å². The molecule has 6 rings (SSSR count). The number of hydrogen-bond acceptors (Lipinski definition) is 6. The molecular weight excluding hydrogens is 429 g/mol. The van der Waals surface area contributed by atoms with Crippen molar-refractivity contribution in [2.75, 3.05) is 6.61 Å². The van der Waals surface area contributed by atoms with Gasteiger partial charge in [-0.25, -0.2) is 4.39 Å². The van der Waals surface area contributed by atoms with Gasteiger partial charge in [-0.05, 0) is 61.4 Å². The number of fused-ring (bicyclic) bond motifs is 1. The van der Waals surface area contributed by atoms with Crippen LogP contribution in [0.4, 0.5) is 4.39 Å². The van der Waals surface area contributed by atoms with Crippen LogP contribution in [0.2, 0.25) is 0 Å². The summed E-state index contributed by atoms with van der Waals surface area (Å²) >= 11 is 0. The summed E-state index contributed by atoms with van der Waals surface area (Å²) in [5.41, 5.74) is -0.166. The van der Waals surface area contributed by atoms with E-state index in [1.807, 2.05) is 0 Å². The van der Waals surface area contributed by atoms with Crippen LogP contribution in [0.5, 0.6) is 11.5 Å². The Bertz CT molecular complexity index is 1340. The first kappa shape index (κ1) is 21.2. The predicted octanol–water partition coefficient (Wildman–Crippen LogP) is 3.64. The lowest BCUT2D eigenvalue weighted by Gasteiger charge is -2.70. The minimum Gasteiger partial charge on any atom is -0.508 e. The van der Waals surface area contributed by atoms with Crippen LogP contribution in [0.25, 0.3) is 11.0 Å². The average molecular weight is 451 g/mol. The van der Waals surface area contributed by atoms with Gasteiger partial charge in [-0.1, -0.05) is 6.07 Å². The number of rotatable bonds is 7. The molecule has 3 aliphatic carbocycles. The third kappa shape index (κ3) is 3.86. The molecule has 33 heavy (non-hydrogen) atoms. The van der Waals surface area contributed by atoms with E-state index >= 15 is 0 Å². The van der Waals surface area contributed by atoms with Crippen LogP contribution in [0.3, 0.4) is 0 Å². The van der Waals surface area contributed by atoms with Gasteiger partial charge in [0.25, 0.3) is 5.91 Å². The lowest BCUT2D eigenvalue weighted by atomic mass is 9.38. The van der Waals surface area contributed by atoms with Crippen molar-refractivity contribution in [2.24, 2.45) is 5.41 Å². The standard InChI is InChI=1S/C25H22FNO6/c1-14-2-4-16(7-18(14)26)32-10-23(31)27-25-11-24(12-25,13-25)9-20(30)22-8-19(29)17-6-15(28)3-5-21(17)33-22/h2-8,28H,9-13H2,1H3,(H,27,31). The number of halogens is 1. The largest absolute Gasteiger partial charge is 0.508 e. The highest BCUT2D eigenvalue weighted by Gasteiger charge is 2.68. The number of Topliss-reactive ketones (excluding diaryl/α,β-unsaturated/α-hetero) is 1. The van der Waals surface area contributed by atoms with Crippen molar-refractivity contribution >= 4 is 22.7 Å². The predicted molar refractivity (Wildman–Crippen MR) is 117 cm³/mol. The zero-order valence-electron chi connectivity index (χ0n) is 17.9. The molecule has 170 valence electrons.